The molecule has 0 atom stereocenters. The molecule has 0 bridgehead atoms. The molecule has 5 nitrogen and oxygen atoms in total. The maximum absolute atomic E-state index is 4.13. The highest BCUT2D eigenvalue weighted by atomic mass is 15.2. The van der Waals surface area contributed by atoms with Crippen molar-refractivity contribution in [2.75, 3.05) is 13.1 Å². The number of imidazole rings is 1. The second-order valence-electron chi connectivity index (χ2n) is 3.82. The quantitative estimate of drug-likeness (QED) is 0.718. The fourth-order valence-corrected chi connectivity index (χ4v) is 1.59. The maximum atomic E-state index is 4.13. The Labute approximate surface area is 95.1 Å². The van der Waals surface area contributed by atoms with E-state index in [0.717, 1.165) is 26.1 Å². The molecule has 0 aliphatic heterocycles. The van der Waals surface area contributed by atoms with Crippen molar-refractivity contribution in [3.05, 3.63) is 36.7 Å². The Hall–Kier alpha value is -1.62. The van der Waals surface area contributed by atoms with Gasteiger partial charge in [-0.2, -0.15) is 5.10 Å². The second-order valence-corrected chi connectivity index (χ2v) is 3.82. The molecule has 0 aromatic carbocycles. The van der Waals surface area contributed by atoms with Crippen molar-refractivity contribution >= 4 is 0 Å². The van der Waals surface area contributed by atoms with Gasteiger partial charge in [0, 0.05) is 38.7 Å². The van der Waals surface area contributed by atoms with Crippen LogP contribution in [0.2, 0.25) is 0 Å². The van der Waals surface area contributed by atoms with E-state index in [1.54, 1.807) is 6.20 Å². The largest absolute Gasteiger partial charge is 0.336 e. The van der Waals surface area contributed by atoms with Crippen molar-refractivity contribution in [2.24, 2.45) is 7.05 Å². The number of hydrogen-bond donors (Lipinski definition) is 1. The summed E-state index contributed by atoms with van der Waals surface area (Å²) in [7, 11) is 1.94. The molecule has 0 spiro atoms. The molecule has 5 heteroatoms. The van der Waals surface area contributed by atoms with E-state index < -0.39 is 0 Å². The highest BCUT2D eigenvalue weighted by molar-refractivity contribution is 5.03. The summed E-state index contributed by atoms with van der Waals surface area (Å²) in [5.74, 6) is 0. The average molecular weight is 219 g/mol. The smallest absolute Gasteiger partial charge is 0.0946 e. The topological polar surface area (TPSA) is 47.7 Å². The molecule has 16 heavy (non-hydrogen) atoms. The molecule has 0 unspecified atom stereocenters. The van der Waals surface area contributed by atoms with E-state index in [0.29, 0.717) is 0 Å². The third-order valence-corrected chi connectivity index (χ3v) is 2.45. The summed E-state index contributed by atoms with van der Waals surface area (Å²) in [5, 5.41) is 7.53. The Balaban J connectivity index is 1.59. The van der Waals surface area contributed by atoms with Crippen molar-refractivity contribution in [1.29, 1.82) is 0 Å². The van der Waals surface area contributed by atoms with Crippen LogP contribution in [0, 0.1) is 0 Å². The summed E-state index contributed by atoms with van der Waals surface area (Å²) in [6, 6.07) is 0. The zero-order valence-corrected chi connectivity index (χ0v) is 9.50. The van der Waals surface area contributed by atoms with Crippen LogP contribution in [0.1, 0.15) is 5.56 Å². The predicted molar refractivity (Wildman–Crippen MR) is 62.0 cm³/mol. The Morgan fingerprint density at radius 3 is 3.00 bits per heavy atom. The van der Waals surface area contributed by atoms with E-state index in [1.807, 2.05) is 30.5 Å². The normalized spacial score (nSPS) is 10.8. The van der Waals surface area contributed by atoms with Gasteiger partial charge in [0.05, 0.1) is 12.5 Å². The maximum Gasteiger partial charge on any atom is 0.0946 e. The molecule has 2 aromatic rings. The summed E-state index contributed by atoms with van der Waals surface area (Å²) in [4.78, 5) is 4.00. The Morgan fingerprint density at radius 1 is 1.38 bits per heavy atom. The molecule has 0 amide bonds. The summed E-state index contributed by atoms with van der Waals surface area (Å²) in [6.07, 6.45) is 10.6. The zero-order chi connectivity index (χ0) is 11.2. The summed E-state index contributed by atoms with van der Waals surface area (Å²) < 4.78 is 3.90. The first-order chi connectivity index (χ1) is 7.84. The molecule has 0 saturated heterocycles. The monoisotopic (exact) mass is 219 g/mol. The molecule has 86 valence electrons. The Bertz CT molecular complexity index is 404. The summed E-state index contributed by atoms with van der Waals surface area (Å²) in [6.45, 7) is 2.92. The summed E-state index contributed by atoms with van der Waals surface area (Å²) >= 11 is 0. The third-order valence-electron chi connectivity index (χ3n) is 2.45. The third kappa shape index (κ3) is 3.20. The fourth-order valence-electron chi connectivity index (χ4n) is 1.59. The van der Waals surface area contributed by atoms with Crippen LogP contribution in [0.4, 0.5) is 0 Å². The minimum Gasteiger partial charge on any atom is -0.336 e. The average Bonchev–Trinajstić information content (AvgIpc) is 2.89. The number of nitrogens with zero attached hydrogens (tertiary/aromatic N) is 4. The van der Waals surface area contributed by atoms with E-state index in [-0.39, 0.29) is 0 Å². The first kappa shape index (κ1) is 10.9. The minimum absolute atomic E-state index is 0.965. The number of hydrogen-bond acceptors (Lipinski definition) is 3. The van der Waals surface area contributed by atoms with E-state index in [1.165, 1.54) is 5.56 Å². The van der Waals surface area contributed by atoms with E-state index >= 15 is 0 Å². The number of nitrogens with one attached hydrogen (secondary N) is 1. The van der Waals surface area contributed by atoms with Crippen LogP contribution in [0.5, 0.6) is 0 Å². The molecule has 2 heterocycles. The Kier molecular flexibility index (Phi) is 3.71. The van der Waals surface area contributed by atoms with Gasteiger partial charge in [-0.25, -0.2) is 4.98 Å². The SMILES string of the molecule is Cn1cc(CCNCCn2ccnc2)cn1. The standard InChI is InChI=1S/C11H17N5/c1-15-9-11(8-14-15)2-3-12-4-6-16-7-5-13-10-16/h5,7-10,12H,2-4,6H2,1H3. The van der Waals surface area contributed by atoms with Crippen LogP contribution in [0.25, 0.3) is 0 Å². The highest BCUT2D eigenvalue weighted by Crippen LogP contribution is 1.95. The molecule has 0 aliphatic carbocycles. The first-order valence-electron chi connectivity index (χ1n) is 5.48. The van der Waals surface area contributed by atoms with Gasteiger partial charge in [0.25, 0.3) is 0 Å². The van der Waals surface area contributed by atoms with Crippen molar-refractivity contribution in [1.82, 2.24) is 24.6 Å². The van der Waals surface area contributed by atoms with Gasteiger partial charge in [0.1, 0.15) is 0 Å². The van der Waals surface area contributed by atoms with Gasteiger partial charge in [-0.1, -0.05) is 0 Å². The summed E-state index contributed by atoms with van der Waals surface area (Å²) in [5.41, 5.74) is 1.28. The molecule has 2 aromatic heterocycles. The second kappa shape index (κ2) is 5.46. The van der Waals surface area contributed by atoms with Crippen LogP contribution in [-0.4, -0.2) is 32.4 Å². The van der Waals surface area contributed by atoms with Gasteiger partial charge in [-0.3, -0.25) is 4.68 Å². The lowest BCUT2D eigenvalue weighted by atomic mass is 10.2. The van der Waals surface area contributed by atoms with Crippen LogP contribution in [-0.2, 0) is 20.0 Å². The van der Waals surface area contributed by atoms with E-state index in [2.05, 4.69) is 26.2 Å². The minimum atomic E-state index is 0.965. The predicted octanol–water partition coefficient (Wildman–Crippen LogP) is 0.449. The number of rotatable bonds is 6. The van der Waals surface area contributed by atoms with Crippen molar-refractivity contribution < 1.29 is 0 Å². The van der Waals surface area contributed by atoms with E-state index in [4.69, 9.17) is 0 Å². The molecule has 0 radical (unpaired) electrons. The number of aromatic nitrogens is 4. The van der Waals surface area contributed by atoms with E-state index in [9.17, 15) is 0 Å². The van der Waals surface area contributed by atoms with Crippen LogP contribution < -0.4 is 5.32 Å². The van der Waals surface area contributed by atoms with Gasteiger partial charge in [0.15, 0.2) is 0 Å². The lowest BCUT2D eigenvalue weighted by Crippen LogP contribution is -2.21. The van der Waals surface area contributed by atoms with Crippen LogP contribution in [0.15, 0.2) is 31.1 Å². The molecular weight excluding hydrogens is 202 g/mol. The fraction of sp³-hybridized carbons (Fsp3) is 0.455. The molecule has 0 aliphatic rings. The zero-order valence-electron chi connectivity index (χ0n) is 9.50. The van der Waals surface area contributed by atoms with Crippen molar-refractivity contribution in [3.8, 4) is 0 Å². The molecule has 0 saturated carbocycles. The molecule has 0 fully saturated rings. The molecule has 1 N–H and O–H groups in total. The van der Waals surface area contributed by atoms with Crippen molar-refractivity contribution in [3.63, 3.8) is 0 Å². The van der Waals surface area contributed by atoms with Gasteiger partial charge >= 0.3 is 0 Å². The van der Waals surface area contributed by atoms with Crippen LogP contribution in [0.3, 0.4) is 0 Å². The van der Waals surface area contributed by atoms with Gasteiger partial charge < -0.3 is 9.88 Å². The van der Waals surface area contributed by atoms with Crippen molar-refractivity contribution in [2.45, 2.75) is 13.0 Å². The first-order valence-corrected chi connectivity index (χ1v) is 5.48. The molecule has 2 rings (SSSR count). The Morgan fingerprint density at radius 2 is 2.31 bits per heavy atom. The van der Waals surface area contributed by atoms with Crippen LogP contribution >= 0.6 is 0 Å². The van der Waals surface area contributed by atoms with Gasteiger partial charge in [0.2, 0.25) is 0 Å². The van der Waals surface area contributed by atoms with Gasteiger partial charge in [-0.15, -0.1) is 0 Å². The lowest BCUT2D eigenvalue weighted by molar-refractivity contribution is 0.598. The lowest BCUT2D eigenvalue weighted by Gasteiger charge is -2.04. The highest BCUT2D eigenvalue weighted by Gasteiger charge is 1.95. The van der Waals surface area contributed by atoms with Gasteiger partial charge in [-0.05, 0) is 18.5 Å². The molecular formula is C11H17N5. The number of aryl methyl sites for hydroxylation is 1.